The van der Waals surface area contributed by atoms with Gasteiger partial charge in [-0.2, -0.15) is 0 Å². The van der Waals surface area contributed by atoms with Crippen LogP contribution in [0.25, 0.3) is 0 Å². The summed E-state index contributed by atoms with van der Waals surface area (Å²) in [6.07, 6.45) is 0. The van der Waals surface area contributed by atoms with Gasteiger partial charge in [-0.25, -0.2) is 4.79 Å². The Kier molecular flexibility index (Phi) is 5.14. The zero-order chi connectivity index (χ0) is 12.0. The van der Waals surface area contributed by atoms with E-state index in [9.17, 15) is 14.4 Å². The third-order valence-electron chi connectivity index (χ3n) is 1.69. The van der Waals surface area contributed by atoms with E-state index >= 15 is 0 Å². The summed E-state index contributed by atoms with van der Waals surface area (Å²) >= 11 is 0. The topological polar surface area (TPSA) is 90.0 Å². The number of carboxylic acid groups (broad SMARTS) is 1. The fraction of sp³-hybridized carbons (Fsp3) is 0.625. The minimum Gasteiger partial charge on any atom is -0.480 e. The Hall–Kier alpha value is -1.79. The Balaban J connectivity index is 4.19. The summed E-state index contributed by atoms with van der Waals surface area (Å²) in [5, 5.41) is 10.8. The van der Waals surface area contributed by atoms with Crippen LogP contribution in [-0.2, 0) is 9.59 Å². The van der Waals surface area contributed by atoms with Crippen LogP contribution in [0.5, 0.6) is 0 Å². The van der Waals surface area contributed by atoms with Gasteiger partial charge in [-0.15, -0.1) is 0 Å². The van der Waals surface area contributed by atoms with Crippen molar-refractivity contribution in [2.75, 3.05) is 34.2 Å². The fourth-order valence-corrected chi connectivity index (χ4v) is 0.924. The first-order valence-corrected chi connectivity index (χ1v) is 4.27. The maximum absolute atomic E-state index is 11.4. The average Bonchev–Trinajstić information content (AvgIpc) is 2.15. The van der Waals surface area contributed by atoms with E-state index in [0.717, 1.165) is 9.80 Å². The molecular formula is C8H15N3O4. The molecule has 15 heavy (non-hydrogen) atoms. The number of nitrogens with one attached hydrogen (secondary N) is 1. The van der Waals surface area contributed by atoms with Crippen molar-refractivity contribution in [1.82, 2.24) is 15.1 Å². The van der Waals surface area contributed by atoms with Crippen molar-refractivity contribution >= 4 is 17.9 Å². The molecule has 0 aromatic carbocycles. The van der Waals surface area contributed by atoms with Crippen molar-refractivity contribution in [2.24, 2.45) is 0 Å². The van der Waals surface area contributed by atoms with E-state index in [2.05, 4.69) is 5.32 Å². The molecule has 0 fully saturated rings. The molecule has 3 amide bonds. The summed E-state index contributed by atoms with van der Waals surface area (Å²) in [4.78, 5) is 34.9. The number of carboxylic acids is 1. The Bertz CT molecular complexity index is 267. The van der Waals surface area contributed by atoms with Gasteiger partial charge in [0.25, 0.3) is 0 Å². The van der Waals surface area contributed by atoms with Crippen LogP contribution in [0, 0.1) is 0 Å². The van der Waals surface area contributed by atoms with Crippen LogP contribution in [0.1, 0.15) is 0 Å². The smallest absolute Gasteiger partial charge is 0.323 e. The van der Waals surface area contributed by atoms with E-state index in [4.69, 9.17) is 5.11 Å². The first-order valence-electron chi connectivity index (χ1n) is 4.27. The van der Waals surface area contributed by atoms with E-state index in [0.29, 0.717) is 0 Å². The number of rotatable bonds is 4. The summed E-state index contributed by atoms with van der Waals surface area (Å²) in [6, 6.07) is -0.513. The molecule has 0 saturated heterocycles. The number of aliphatic carboxylic acids is 1. The molecular weight excluding hydrogens is 202 g/mol. The van der Waals surface area contributed by atoms with E-state index < -0.39 is 18.5 Å². The summed E-state index contributed by atoms with van der Waals surface area (Å²) < 4.78 is 0. The first kappa shape index (κ1) is 13.2. The molecule has 0 aliphatic carbocycles. The molecule has 7 heteroatoms. The van der Waals surface area contributed by atoms with Gasteiger partial charge in [-0.05, 0) is 0 Å². The van der Waals surface area contributed by atoms with Crippen LogP contribution in [-0.4, -0.2) is 67.0 Å². The zero-order valence-electron chi connectivity index (χ0n) is 8.98. The number of urea groups is 1. The number of carbonyl (C=O) groups is 3. The highest BCUT2D eigenvalue weighted by Crippen LogP contribution is 1.93. The molecule has 0 aliphatic heterocycles. The van der Waals surface area contributed by atoms with Crippen LogP contribution < -0.4 is 5.32 Å². The van der Waals surface area contributed by atoms with E-state index in [1.165, 1.54) is 21.1 Å². The number of hydrogen-bond donors (Lipinski definition) is 2. The summed E-state index contributed by atoms with van der Waals surface area (Å²) in [7, 11) is 4.24. The highest BCUT2D eigenvalue weighted by Gasteiger charge is 2.17. The van der Waals surface area contributed by atoms with Gasteiger partial charge in [0.1, 0.15) is 13.1 Å². The standard InChI is InChI=1S/C8H15N3O4/c1-9-6(12)4-10(2)8(15)11(3)5-7(13)14/h4-5H2,1-3H3,(H,9,12)(H,13,14). The molecule has 7 nitrogen and oxygen atoms in total. The minimum absolute atomic E-state index is 0.0979. The molecule has 0 unspecified atom stereocenters. The molecule has 0 rings (SSSR count). The number of likely N-dealkylation sites (N-methyl/N-ethyl adjacent to an activating group) is 3. The predicted octanol–water partition coefficient (Wildman–Crippen LogP) is -1.20. The second kappa shape index (κ2) is 5.84. The van der Waals surface area contributed by atoms with Crippen molar-refractivity contribution in [3.05, 3.63) is 0 Å². The summed E-state index contributed by atoms with van der Waals surface area (Å²) in [6.45, 7) is -0.490. The van der Waals surface area contributed by atoms with Crippen molar-refractivity contribution in [1.29, 1.82) is 0 Å². The minimum atomic E-state index is -1.10. The Morgan fingerprint density at radius 3 is 2.00 bits per heavy atom. The van der Waals surface area contributed by atoms with Gasteiger partial charge in [0.2, 0.25) is 5.91 Å². The van der Waals surface area contributed by atoms with Crippen LogP contribution in [0.2, 0.25) is 0 Å². The first-order chi connectivity index (χ1) is 6.88. The molecule has 0 atom stereocenters. The molecule has 2 N–H and O–H groups in total. The maximum Gasteiger partial charge on any atom is 0.323 e. The third-order valence-corrected chi connectivity index (χ3v) is 1.69. The molecule has 0 aliphatic rings. The predicted molar refractivity (Wildman–Crippen MR) is 52.4 cm³/mol. The van der Waals surface area contributed by atoms with Crippen LogP contribution in [0.15, 0.2) is 0 Å². The van der Waals surface area contributed by atoms with Crippen LogP contribution in [0.4, 0.5) is 4.79 Å². The largest absolute Gasteiger partial charge is 0.480 e. The number of amides is 3. The third kappa shape index (κ3) is 4.84. The van der Waals surface area contributed by atoms with Crippen LogP contribution in [0.3, 0.4) is 0 Å². The van der Waals surface area contributed by atoms with Crippen molar-refractivity contribution in [2.45, 2.75) is 0 Å². The molecule has 0 bridgehead atoms. The molecule has 0 heterocycles. The van der Waals surface area contributed by atoms with Crippen molar-refractivity contribution in [3.8, 4) is 0 Å². The number of carbonyl (C=O) groups excluding carboxylic acids is 2. The second-order valence-corrected chi connectivity index (χ2v) is 3.06. The maximum atomic E-state index is 11.4. The van der Waals surface area contributed by atoms with Gasteiger partial charge in [-0.3, -0.25) is 9.59 Å². The normalized spacial score (nSPS) is 9.27. The van der Waals surface area contributed by atoms with Gasteiger partial charge in [0.15, 0.2) is 0 Å². The quantitative estimate of drug-likeness (QED) is 0.619. The number of nitrogens with zero attached hydrogens (tertiary/aromatic N) is 2. The molecule has 0 spiro atoms. The lowest BCUT2D eigenvalue weighted by Gasteiger charge is -2.22. The second-order valence-electron chi connectivity index (χ2n) is 3.06. The van der Waals surface area contributed by atoms with Gasteiger partial charge in [-0.1, -0.05) is 0 Å². The monoisotopic (exact) mass is 217 g/mol. The van der Waals surface area contributed by atoms with Gasteiger partial charge < -0.3 is 20.2 Å². The lowest BCUT2D eigenvalue weighted by molar-refractivity contribution is -0.137. The van der Waals surface area contributed by atoms with E-state index in [1.807, 2.05) is 0 Å². The van der Waals surface area contributed by atoms with Crippen LogP contribution >= 0.6 is 0 Å². The SMILES string of the molecule is CNC(=O)CN(C)C(=O)N(C)CC(=O)O. The van der Waals surface area contributed by atoms with E-state index in [1.54, 1.807) is 0 Å². The Morgan fingerprint density at radius 2 is 1.60 bits per heavy atom. The lowest BCUT2D eigenvalue weighted by Crippen LogP contribution is -2.44. The molecule has 0 aromatic heterocycles. The molecule has 0 saturated carbocycles. The fourth-order valence-electron chi connectivity index (χ4n) is 0.924. The summed E-state index contributed by atoms with van der Waals surface area (Å²) in [5.41, 5.74) is 0. The molecule has 0 radical (unpaired) electrons. The van der Waals surface area contributed by atoms with Gasteiger partial charge in [0, 0.05) is 21.1 Å². The van der Waals surface area contributed by atoms with Gasteiger partial charge in [0.05, 0.1) is 0 Å². The highest BCUT2D eigenvalue weighted by atomic mass is 16.4. The summed E-state index contributed by atoms with van der Waals surface area (Å²) in [5.74, 6) is -1.41. The Labute approximate surface area is 87.6 Å². The van der Waals surface area contributed by atoms with E-state index in [-0.39, 0.29) is 12.5 Å². The lowest BCUT2D eigenvalue weighted by atomic mass is 10.5. The zero-order valence-corrected chi connectivity index (χ0v) is 8.98. The average molecular weight is 217 g/mol. The van der Waals surface area contributed by atoms with Gasteiger partial charge >= 0.3 is 12.0 Å². The molecule has 86 valence electrons. The number of hydrogen-bond acceptors (Lipinski definition) is 3. The highest BCUT2D eigenvalue weighted by molar-refractivity contribution is 5.85. The van der Waals surface area contributed by atoms with Crippen molar-refractivity contribution < 1.29 is 19.5 Å². The van der Waals surface area contributed by atoms with Crippen molar-refractivity contribution in [3.63, 3.8) is 0 Å². The molecule has 0 aromatic rings. The Morgan fingerprint density at radius 1 is 1.13 bits per heavy atom.